The second-order valence-electron chi connectivity index (χ2n) is 5.04. The van der Waals surface area contributed by atoms with E-state index in [4.69, 9.17) is 4.74 Å². The molecule has 1 N–H and O–H groups in total. The molecule has 3 nitrogen and oxygen atoms in total. The van der Waals surface area contributed by atoms with Crippen LogP contribution in [0.15, 0.2) is 24.3 Å². The highest BCUT2D eigenvalue weighted by Gasteiger charge is 2.03. The average Bonchev–Trinajstić information content (AvgIpc) is 2.29. The number of rotatable bonds is 8. The minimum absolute atomic E-state index is 0.419. The fourth-order valence-electron chi connectivity index (χ4n) is 2.01. The van der Waals surface area contributed by atoms with E-state index in [0.29, 0.717) is 6.04 Å². The van der Waals surface area contributed by atoms with Crippen molar-refractivity contribution in [1.82, 2.24) is 10.2 Å². The van der Waals surface area contributed by atoms with Gasteiger partial charge in [-0.2, -0.15) is 0 Å². The number of ether oxygens (including phenoxy) is 1. The zero-order valence-electron chi connectivity index (χ0n) is 12.1. The molecule has 1 atom stereocenters. The molecule has 0 fully saturated rings. The van der Waals surface area contributed by atoms with Crippen LogP contribution in [0.1, 0.15) is 18.1 Å². The van der Waals surface area contributed by atoms with Gasteiger partial charge in [-0.3, -0.25) is 0 Å². The monoisotopic (exact) mass is 250 g/mol. The van der Waals surface area contributed by atoms with Crippen molar-refractivity contribution in [3.05, 3.63) is 35.4 Å². The summed E-state index contributed by atoms with van der Waals surface area (Å²) in [6, 6.07) is 9.11. The Bertz CT molecular complexity index is 341. The third kappa shape index (κ3) is 6.15. The van der Waals surface area contributed by atoms with Crippen molar-refractivity contribution in [3.8, 4) is 0 Å². The van der Waals surface area contributed by atoms with Crippen molar-refractivity contribution in [2.45, 2.75) is 26.4 Å². The SMILES string of the molecule is COCC(C)NCCN(C)Cc1cccc(C)c1. The van der Waals surface area contributed by atoms with Crippen molar-refractivity contribution in [2.75, 3.05) is 33.9 Å². The van der Waals surface area contributed by atoms with Crippen LogP contribution < -0.4 is 5.32 Å². The molecule has 0 aromatic heterocycles. The van der Waals surface area contributed by atoms with E-state index in [9.17, 15) is 0 Å². The number of nitrogens with zero attached hydrogens (tertiary/aromatic N) is 1. The van der Waals surface area contributed by atoms with Gasteiger partial charge in [-0.05, 0) is 26.5 Å². The van der Waals surface area contributed by atoms with Crippen LogP contribution in [0.2, 0.25) is 0 Å². The molecule has 1 rings (SSSR count). The number of hydrogen-bond acceptors (Lipinski definition) is 3. The summed E-state index contributed by atoms with van der Waals surface area (Å²) in [5.41, 5.74) is 2.70. The van der Waals surface area contributed by atoms with Crippen LogP contribution in [0.5, 0.6) is 0 Å². The van der Waals surface area contributed by atoms with Crippen LogP contribution in [0, 0.1) is 6.92 Å². The van der Waals surface area contributed by atoms with Crippen molar-refractivity contribution in [1.29, 1.82) is 0 Å². The van der Waals surface area contributed by atoms with Gasteiger partial charge in [-0.1, -0.05) is 29.8 Å². The maximum absolute atomic E-state index is 5.09. The van der Waals surface area contributed by atoms with E-state index in [1.807, 2.05) is 0 Å². The number of nitrogens with one attached hydrogen (secondary N) is 1. The summed E-state index contributed by atoms with van der Waals surface area (Å²) in [7, 11) is 3.90. The van der Waals surface area contributed by atoms with E-state index in [0.717, 1.165) is 26.2 Å². The van der Waals surface area contributed by atoms with Crippen LogP contribution in [0.4, 0.5) is 0 Å². The highest BCUT2D eigenvalue weighted by atomic mass is 16.5. The van der Waals surface area contributed by atoms with E-state index in [-0.39, 0.29) is 0 Å². The first-order valence-corrected chi connectivity index (χ1v) is 6.58. The van der Waals surface area contributed by atoms with E-state index in [1.54, 1.807) is 7.11 Å². The molecule has 102 valence electrons. The Kier molecular flexibility index (Phi) is 6.94. The molecule has 0 saturated carbocycles. The molecule has 18 heavy (non-hydrogen) atoms. The van der Waals surface area contributed by atoms with Crippen molar-refractivity contribution < 1.29 is 4.74 Å². The van der Waals surface area contributed by atoms with E-state index >= 15 is 0 Å². The Labute approximate surface area is 111 Å². The lowest BCUT2D eigenvalue weighted by atomic mass is 10.1. The minimum Gasteiger partial charge on any atom is -0.383 e. The molecule has 1 aromatic rings. The largest absolute Gasteiger partial charge is 0.383 e. The molecule has 0 aliphatic rings. The number of likely N-dealkylation sites (N-methyl/N-ethyl adjacent to an activating group) is 1. The van der Waals surface area contributed by atoms with Gasteiger partial charge in [0.15, 0.2) is 0 Å². The van der Waals surface area contributed by atoms with Gasteiger partial charge < -0.3 is 15.0 Å². The first-order chi connectivity index (χ1) is 8.61. The maximum atomic E-state index is 5.09. The molecule has 0 bridgehead atoms. The molecule has 0 heterocycles. The predicted octanol–water partition coefficient (Wildman–Crippen LogP) is 2.05. The molecular weight excluding hydrogens is 224 g/mol. The number of benzene rings is 1. The summed E-state index contributed by atoms with van der Waals surface area (Å²) in [5.74, 6) is 0. The van der Waals surface area contributed by atoms with Crippen LogP contribution in [-0.2, 0) is 11.3 Å². The molecule has 0 spiro atoms. The van der Waals surface area contributed by atoms with Gasteiger partial charge in [-0.25, -0.2) is 0 Å². The average molecular weight is 250 g/mol. The fraction of sp³-hybridized carbons (Fsp3) is 0.600. The molecule has 0 aliphatic heterocycles. The van der Waals surface area contributed by atoms with E-state index < -0.39 is 0 Å². The maximum Gasteiger partial charge on any atom is 0.0613 e. The number of hydrogen-bond donors (Lipinski definition) is 1. The molecular formula is C15H26N2O. The lowest BCUT2D eigenvalue weighted by Gasteiger charge is -2.19. The zero-order chi connectivity index (χ0) is 13.4. The van der Waals surface area contributed by atoms with Gasteiger partial charge in [0.2, 0.25) is 0 Å². The smallest absolute Gasteiger partial charge is 0.0613 e. The lowest BCUT2D eigenvalue weighted by molar-refractivity contribution is 0.170. The minimum atomic E-state index is 0.419. The van der Waals surface area contributed by atoms with Gasteiger partial charge in [-0.15, -0.1) is 0 Å². The topological polar surface area (TPSA) is 24.5 Å². The Morgan fingerprint density at radius 1 is 1.39 bits per heavy atom. The molecule has 0 radical (unpaired) electrons. The van der Waals surface area contributed by atoms with Crippen molar-refractivity contribution >= 4 is 0 Å². The van der Waals surface area contributed by atoms with Crippen LogP contribution >= 0.6 is 0 Å². The molecule has 1 aromatic carbocycles. The highest BCUT2D eigenvalue weighted by molar-refractivity contribution is 5.21. The molecule has 1 unspecified atom stereocenters. The van der Waals surface area contributed by atoms with Crippen molar-refractivity contribution in [3.63, 3.8) is 0 Å². The molecule has 0 aliphatic carbocycles. The van der Waals surface area contributed by atoms with E-state index in [2.05, 4.69) is 55.4 Å². The van der Waals surface area contributed by atoms with Crippen LogP contribution in [0.25, 0.3) is 0 Å². The Morgan fingerprint density at radius 2 is 2.17 bits per heavy atom. The molecule has 0 amide bonds. The van der Waals surface area contributed by atoms with Crippen LogP contribution in [-0.4, -0.2) is 44.8 Å². The summed E-state index contributed by atoms with van der Waals surface area (Å²) in [5, 5.41) is 3.44. The molecule has 0 saturated heterocycles. The van der Waals surface area contributed by atoms with Gasteiger partial charge in [0.1, 0.15) is 0 Å². The summed E-state index contributed by atoms with van der Waals surface area (Å²) in [6.45, 7) is 8.08. The standard InChI is InChI=1S/C15H26N2O/c1-13-6-5-7-15(10-13)11-17(3)9-8-16-14(2)12-18-4/h5-7,10,14,16H,8-9,11-12H2,1-4H3. The van der Waals surface area contributed by atoms with Gasteiger partial charge >= 0.3 is 0 Å². The fourth-order valence-corrected chi connectivity index (χ4v) is 2.01. The Balaban J connectivity index is 2.23. The first-order valence-electron chi connectivity index (χ1n) is 6.58. The van der Waals surface area contributed by atoms with Crippen LogP contribution in [0.3, 0.4) is 0 Å². The Hall–Kier alpha value is -0.900. The summed E-state index contributed by atoms with van der Waals surface area (Å²) >= 11 is 0. The van der Waals surface area contributed by atoms with Gasteiger partial charge in [0.05, 0.1) is 6.61 Å². The quantitative estimate of drug-likeness (QED) is 0.764. The van der Waals surface area contributed by atoms with Crippen molar-refractivity contribution in [2.24, 2.45) is 0 Å². The summed E-state index contributed by atoms with van der Waals surface area (Å²) < 4.78 is 5.09. The summed E-state index contributed by atoms with van der Waals surface area (Å²) in [4.78, 5) is 2.33. The van der Waals surface area contributed by atoms with Gasteiger partial charge in [0.25, 0.3) is 0 Å². The molecule has 3 heteroatoms. The van der Waals surface area contributed by atoms with Gasteiger partial charge in [0, 0.05) is 32.8 Å². The first kappa shape index (κ1) is 15.2. The predicted molar refractivity (Wildman–Crippen MR) is 76.9 cm³/mol. The number of methoxy groups -OCH3 is 1. The zero-order valence-corrected chi connectivity index (χ0v) is 12.1. The third-order valence-electron chi connectivity index (χ3n) is 2.94. The Morgan fingerprint density at radius 3 is 2.83 bits per heavy atom. The normalized spacial score (nSPS) is 12.9. The lowest BCUT2D eigenvalue weighted by Crippen LogP contribution is -2.36. The second-order valence-corrected chi connectivity index (χ2v) is 5.04. The number of aryl methyl sites for hydroxylation is 1. The third-order valence-corrected chi connectivity index (χ3v) is 2.94. The summed E-state index contributed by atoms with van der Waals surface area (Å²) in [6.07, 6.45) is 0. The highest BCUT2D eigenvalue weighted by Crippen LogP contribution is 2.06. The second kappa shape index (κ2) is 8.25. The van der Waals surface area contributed by atoms with E-state index in [1.165, 1.54) is 11.1 Å².